The zero-order valence-electron chi connectivity index (χ0n) is 32.0. The van der Waals surface area contributed by atoms with Gasteiger partial charge in [-0.25, -0.2) is 14.8 Å². The van der Waals surface area contributed by atoms with Crippen LogP contribution >= 0.6 is 11.3 Å². The number of rotatable bonds is 6. The average Bonchev–Trinajstić information content (AvgIpc) is 3.87. The van der Waals surface area contributed by atoms with Crippen molar-refractivity contribution in [2.45, 2.75) is 0 Å². The second-order valence-electron chi connectivity index (χ2n) is 14.7. The predicted molar refractivity (Wildman–Crippen MR) is 247 cm³/mol. The van der Waals surface area contributed by atoms with Gasteiger partial charge in [-0.1, -0.05) is 140 Å². The molecule has 8 aromatic carbocycles. The molecule has 6 heteroatoms. The van der Waals surface area contributed by atoms with Crippen molar-refractivity contribution >= 4 is 59.0 Å². The summed E-state index contributed by atoms with van der Waals surface area (Å²) < 4.78 is 4.93. The minimum absolute atomic E-state index is 0.573. The van der Waals surface area contributed by atoms with E-state index in [0.29, 0.717) is 17.1 Å². The second-order valence-corrected chi connectivity index (χ2v) is 15.8. The van der Waals surface area contributed by atoms with Crippen molar-refractivity contribution < 1.29 is 0 Å². The van der Waals surface area contributed by atoms with Crippen LogP contribution in [0, 0.1) is 17.9 Å². The number of nitriles is 1. The molecule has 0 spiro atoms. The molecule has 0 saturated heterocycles. The molecule has 0 aliphatic rings. The Kier molecular flexibility index (Phi) is 8.37. The fourth-order valence-corrected chi connectivity index (χ4v) is 9.71. The summed E-state index contributed by atoms with van der Waals surface area (Å²) in [7, 11) is 0. The minimum atomic E-state index is 0.573. The quantitative estimate of drug-likeness (QED) is 0.158. The molecular weight excluding hydrogens is 751 g/mol. The predicted octanol–water partition coefficient (Wildman–Crippen LogP) is 14.7. The Morgan fingerprint density at radius 3 is 1.80 bits per heavy atom. The second kappa shape index (κ2) is 14.3. The maximum absolute atomic E-state index is 9.86. The van der Waals surface area contributed by atoms with Crippen molar-refractivity contribution in [3.05, 3.63) is 205 Å². The third kappa shape index (κ3) is 5.83. The van der Waals surface area contributed by atoms with Gasteiger partial charge in [-0.3, -0.25) is 0 Å². The number of para-hydroxylation sites is 1. The fraction of sp³-hybridized carbons (Fsp3) is 0. The SMILES string of the molecule is [C-]#[N+]c1ccc(-c2cc(-c3cc(-c4ccccc4)nc(-c4ccccc4)n3)cc(-c3ccc(C#N)cc3)c2-n2c3ccccc3c3c4sc5ccccc5c4ccc32)cc1. The van der Waals surface area contributed by atoms with Crippen molar-refractivity contribution in [1.29, 1.82) is 5.26 Å². The Labute approximate surface area is 350 Å². The van der Waals surface area contributed by atoms with Gasteiger partial charge in [0, 0.05) is 58.8 Å². The molecule has 0 radical (unpaired) electrons. The van der Waals surface area contributed by atoms with Crippen molar-refractivity contribution in [3.63, 3.8) is 0 Å². The zero-order valence-corrected chi connectivity index (χ0v) is 32.9. The van der Waals surface area contributed by atoms with Gasteiger partial charge in [0.15, 0.2) is 11.5 Å². The summed E-state index contributed by atoms with van der Waals surface area (Å²) in [5, 5.41) is 14.7. The standard InChI is InChI=1S/C54H31N5S/c1-56-40-26-24-36(25-27-40)45-31-39(47-32-46(37-12-4-2-5-13-37)57-54(58-47)38-14-6-3-7-15-38)30-44(35-22-20-34(33-55)21-23-35)52(45)59-48-18-10-8-17-43(48)51-49(59)29-28-42-41-16-9-11-19-50(41)60-53(42)51/h2-32H. The molecule has 278 valence electrons. The van der Waals surface area contributed by atoms with Gasteiger partial charge in [-0.15, -0.1) is 11.3 Å². The van der Waals surface area contributed by atoms with Crippen LogP contribution in [0.15, 0.2) is 188 Å². The maximum atomic E-state index is 9.86. The molecule has 11 aromatic rings. The zero-order chi connectivity index (χ0) is 40.2. The highest BCUT2D eigenvalue weighted by Crippen LogP contribution is 2.47. The van der Waals surface area contributed by atoms with E-state index < -0.39 is 0 Å². The molecule has 0 aliphatic heterocycles. The van der Waals surface area contributed by atoms with Gasteiger partial charge in [0.1, 0.15) is 0 Å². The first kappa shape index (κ1) is 35.0. The number of hydrogen-bond donors (Lipinski definition) is 0. The summed E-state index contributed by atoms with van der Waals surface area (Å²) in [5.74, 6) is 0.633. The minimum Gasteiger partial charge on any atom is -0.308 e. The highest BCUT2D eigenvalue weighted by atomic mass is 32.1. The van der Waals surface area contributed by atoms with E-state index in [9.17, 15) is 5.26 Å². The van der Waals surface area contributed by atoms with Gasteiger partial charge in [0.25, 0.3) is 0 Å². The smallest absolute Gasteiger partial charge is 0.187 e. The molecule has 0 saturated carbocycles. The molecule has 0 atom stereocenters. The first-order valence-electron chi connectivity index (χ1n) is 19.7. The van der Waals surface area contributed by atoms with E-state index >= 15 is 0 Å². The van der Waals surface area contributed by atoms with Gasteiger partial charge in [-0.05, 0) is 59.7 Å². The monoisotopic (exact) mass is 781 g/mol. The number of thiophene rings is 1. The van der Waals surface area contributed by atoms with Crippen LogP contribution in [0.2, 0.25) is 0 Å². The van der Waals surface area contributed by atoms with E-state index in [2.05, 4.69) is 106 Å². The summed E-state index contributed by atoms with van der Waals surface area (Å²) in [4.78, 5) is 14.1. The van der Waals surface area contributed by atoms with Gasteiger partial charge in [0.05, 0.1) is 46.3 Å². The number of benzene rings is 8. The van der Waals surface area contributed by atoms with Crippen LogP contribution in [0.25, 0.3) is 109 Å². The molecular formula is C54H31N5S. The van der Waals surface area contributed by atoms with Gasteiger partial charge in [-0.2, -0.15) is 5.26 Å². The maximum Gasteiger partial charge on any atom is 0.187 e. The third-order valence-corrected chi connectivity index (χ3v) is 12.5. The van der Waals surface area contributed by atoms with Crippen molar-refractivity contribution in [1.82, 2.24) is 14.5 Å². The van der Waals surface area contributed by atoms with E-state index in [1.165, 1.54) is 30.9 Å². The molecule has 3 heterocycles. The Morgan fingerprint density at radius 1 is 0.517 bits per heavy atom. The molecule has 0 unspecified atom stereocenters. The van der Waals surface area contributed by atoms with Crippen LogP contribution < -0.4 is 0 Å². The number of aromatic nitrogens is 3. The summed E-state index contributed by atoms with van der Waals surface area (Å²) in [6.07, 6.45) is 0. The first-order chi connectivity index (χ1) is 29.6. The third-order valence-electron chi connectivity index (χ3n) is 11.3. The Balaban J connectivity index is 1.28. The number of nitrogens with zero attached hydrogens (tertiary/aromatic N) is 5. The molecule has 60 heavy (non-hydrogen) atoms. The van der Waals surface area contributed by atoms with Crippen LogP contribution in [0.3, 0.4) is 0 Å². The van der Waals surface area contributed by atoms with Crippen LogP contribution in [0.4, 0.5) is 5.69 Å². The highest BCUT2D eigenvalue weighted by molar-refractivity contribution is 7.26. The molecule has 5 nitrogen and oxygen atoms in total. The number of hydrogen-bond acceptors (Lipinski definition) is 4. The Morgan fingerprint density at radius 2 is 1.12 bits per heavy atom. The van der Waals surface area contributed by atoms with Gasteiger partial charge in [0.2, 0.25) is 0 Å². The summed E-state index contributed by atoms with van der Waals surface area (Å²) >= 11 is 1.84. The highest BCUT2D eigenvalue weighted by Gasteiger charge is 2.24. The Bertz CT molecular complexity index is 3400. The van der Waals surface area contributed by atoms with Gasteiger partial charge < -0.3 is 4.57 Å². The lowest BCUT2D eigenvalue weighted by Crippen LogP contribution is -2.03. The lowest BCUT2D eigenvalue weighted by molar-refractivity contribution is 1.17. The fourth-order valence-electron chi connectivity index (χ4n) is 8.45. The van der Waals surface area contributed by atoms with Crippen molar-refractivity contribution in [2.24, 2.45) is 0 Å². The summed E-state index contributed by atoms with van der Waals surface area (Å²) in [6.45, 7) is 7.75. The van der Waals surface area contributed by atoms with Crippen LogP contribution in [0.1, 0.15) is 5.56 Å². The summed E-state index contributed by atoms with van der Waals surface area (Å²) in [5.41, 5.74) is 12.6. The topological polar surface area (TPSA) is 58.9 Å². The lowest BCUT2D eigenvalue weighted by Gasteiger charge is -2.21. The summed E-state index contributed by atoms with van der Waals surface area (Å²) in [6, 6.07) is 66.7. The Hall–Kier alpha value is -8.16. The molecule has 0 aliphatic carbocycles. The van der Waals surface area contributed by atoms with E-state index in [0.717, 1.165) is 67.1 Å². The van der Waals surface area contributed by atoms with Crippen molar-refractivity contribution in [2.75, 3.05) is 0 Å². The van der Waals surface area contributed by atoms with E-state index in [1.807, 2.05) is 108 Å². The van der Waals surface area contributed by atoms with E-state index in [-0.39, 0.29) is 0 Å². The number of fused-ring (bicyclic) bond motifs is 7. The van der Waals surface area contributed by atoms with Gasteiger partial charge >= 0.3 is 0 Å². The van der Waals surface area contributed by atoms with E-state index in [1.54, 1.807) is 0 Å². The largest absolute Gasteiger partial charge is 0.308 e. The van der Waals surface area contributed by atoms with Crippen molar-refractivity contribution in [3.8, 4) is 67.9 Å². The molecule has 0 N–H and O–H groups in total. The molecule has 0 amide bonds. The molecule has 0 fully saturated rings. The lowest BCUT2D eigenvalue weighted by atomic mass is 9.91. The first-order valence-corrected chi connectivity index (χ1v) is 20.5. The average molecular weight is 782 g/mol. The van der Waals surface area contributed by atoms with Crippen LogP contribution in [-0.2, 0) is 0 Å². The van der Waals surface area contributed by atoms with Crippen LogP contribution in [0.5, 0.6) is 0 Å². The normalized spacial score (nSPS) is 11.3. The van der Waals surface area contributed by atoms with Crippen LogP contribution in [-0.4, -0.2) is 14.5 Å². The van der Waals surface area contributed by atoms with E-state index in [4.69, 9.17) is 16.5 Å². The molecule has 3 aromatic heterocycles. The molecule has 0 bridgehead atoms. The molecule has 11 rings (SSSR count).